The maximum absolute atomic E-state index is 13.1. The summed E-state index contributed by atoms with van der Waals surface area (Å²) in [6.45, 7) is 4.07. The monoisotopic (exact) mass is 336 g/mol. The zero-order valence-corrected chi connectivity index (χ0v) is 13.9. The van der Waals surface area contributed by atoms with Gasteiger partial charge in [-0.3, -0.25) is 9.89 Å². The van der Waals surface area contributed by atoms with Crippen LogP contribution in [0.5, 0.6) is 0 Å². The van der Waals surface area contributed by atoms with E-state index in [0.29, 0.717) is 17.0 Å². The lowest BCUT2D eigenvalue weighted by Gasteiger charge is -2.01. The van der Waals surface area contributed by atoms with Crippen molar-refractivity contribution >= 4 is 12.1 Å². The van der Waals surface area contributed by atoms with Gasteiger partial charge in [-0.05, 0) is 54.8 Å². The third kappa shape index (κ3) is 3.98. The zero-order valence-electron chi connectivity index (χ0n) is 13.9. The van der Waals surface area contributed by atoms with Crippen LogP contribution in [0.15, 0.2) is 53.6 Å². The molecule has 0 spiro atoms. The first kappa shape index (κ1) is 16.6. The number of nitrogens with zero attached hydrogens (tertiary/aromatic N) is 2. The van der Waals surface area contributed by atoms with Gasteiger partial charge in [-0.2, -0.15) is 10.2 Å². The fourth-order valence-electron chi connectivity index (χ4n) is 2.30. The van der Waals surface area contributed by atoms with E-state index >= 15 is 0 Å². The summed E-state index contributed by atoms with van der Waals surface area (Å²) in [5.41, 5.74) is 7.21. The number of amides is 1. The predicted molar refractivity (Wildman–Crippen MR) is 95.0 cm³/mol. The highest BCUT2D eigenvalue weighted by molar-refractivity contribution is 5.94. The second kappa shape index (κ2) is 7.09. The van der Waals surface area contributed by atoms with E-state index in [4.69, 9.17) is 0 Å². The van der Waals surface area contributed by atoms with Crippen LogP contribution in [0.1, 0.15) is 27.2 Å². The minimum atomic E-state index is -0.421. The normalized spacial score (nSPS) is 11.0. The van der Waals surface area contributed by atoms with Crippen LogP contribution in [-0.2, 0) is 0 Å². The fourth-order valence-corrected chi connectivity index (χ4v) is 2.30. The number of nitrogens with one attached hydrogen (secondary N) is 2. The number of aromatic nitrogens is 2. The van der Waals surface area contributed by atoms with Gasteiger partial charge in [0.1, 0.15) is 11.5 Å². The molecule has 0 aliphatic rings. The Kier molecular flexibility index (Phi) is 4.70. The van der Waals surface area contributed by atoms with E-state index in [1.54, 1.807) is 18.2 Å². The molecule has 0 atom stereocenters. The van der Waals surface area contributed by atoms with Crippen LogP contribution in [0, 0.1) is 19.7 Å². The predicted octanol–water partition coefficient (Wildman–Crippen LogP) is 3.60. The van der Waals surface area contributed by atoms with E-state index in [2.05, 4.69) is 20.7 Å². The summed E-state index contributed by atoms with van der Waals surface area (Å²) in [4.78, 5) is 12.1. The summed E-state index contributed by atoms with van der Waals surface area (Å²) in [5, 5.41) is 10.7. The van der Waals surface area contributed by atoms with Crippen LogP contribution in [0.4, 0.5) is 4.39 Å². The van der Waals surface area contributed by atoms with Crippen molar-refractivity contribution in [3.8, 4) is 11.3 Å². The van der Waals surface area contributed by atoms with E-state index in [9.17, 15) is 9.18 Å². The lowest BCUT2D eigenvalue weighted by Crippen LogP contribution is -2.18. The van der Waals surface area contributed by atoms with Crippen molar-refractivity contribution in [3.63, 3.8) is 0 Å². The van der Waals surface area contributed by atoms with Gasteiger partial charge in [-0.25, -0.2) is 9.82 Å². The van der Waals surface area contributed by atoms with Crippen LogP contribution >= 0.6 is 0 Å². The van der Waals surface area contributed by atoms with Gasteiger partial charge in [-0.15, -0.1) is 0 Å². The minimum absolute atomic E-state index is 0.296. The number of H-pyrrole nitrogens is 1. The number of carbonyl (C=O) groups excluding carboxylic acids is 1. The van der Waals surface area contributed by atoms with Gasteiger partial charge in [-0.1, -0.05) is 24.3 Å². The molecule has 1 heterocycles. The number of carbonyl (C=O) groups is 1. The van der Waals surface area contributed by atoms with E-state index in [0.717, 1.165) is 11.1 Å². The Labute approximate surface area is 144 Å². The fraction of sp³-hybridized carbons (Fsp3) is 0.105. The number of halogens is 1. The molecule has 0 aliphatic carbocycles. The Hall–Kier alpha value is -3.28. The van der Waals surface area contributed by atoms with Gasteiger partial charge in [0.05, 0.1) is 11.9 Å². The van der Waals surface area contributed by atoms with E-state index in [1.165, 1.54) is 23.9 Å². The van der Waals surface area contributed by atoms with Gasteiger partial charge in [0, 0.05) is 5.56 Å². The van der Waals surface area contributed by atoms with Crippen molar-refractivity contribution in [2.45, 2.75) is 13.8 Å². The zero-order chi connectivity index (χ0) is 17.8. The maximum Gasteiger partial charge on any atom is 0.289 e. The molecule has 3 rings (SSSR count). The second-order valence-electron chi connectivity index (χ2n) is 5.72. The lowest BCUT2D eigenvalue weighted by molar-refractivity contribution is 0.0950. The number of hydrogen-bond donors (Lipinski definition) is 2. The molecule has 0 aliphatic heterocycles. The highest BCUT2D eigenvalue weighted by Gasteiger charge is 2.10. The standard InChI is InChI=1S/C19H17FN4O/c1-12-6-7-15(8-13(12)2)17-10-18(23-22-17)19(25)24-21-11-14-4-3-5-16(20)9-14/h3-11H,1-2H3,(H,22,23)(H,24,25)/b21-11-. The Morgan fingerprint density at radius 2 is 2.00 bits per heavy atom. The van der Waals surface area contributed by atoms with Crippen molar-refractivity contribution in [2.75, 3.05) is 0 Å². The highest BCUT2D eigenvalue weighted by Crippen LogP contribution is 2.20. The molecular weight excluding hydrogens is 319 g/mol. The molecule has 2 aromatic carbocycles. The largest absolute Gasteiger partial charge is 0.289 e. The number of hydrogen-bond acceptors (Lipinski definition) is 3. The number of benzene rings is 2. The van der Waals surface area contributed by atoms with Gasteiger partial charge >= 0.3 is 0 Å². The summed E-state index contributed by atoms with van der Waals surface area (Å²) >= 11 is 0. The minimum Gasteiger partial charge on any atom is -0.272 e. The number of aryl methyl sites for hydroxylation is 2. The average Bonchev–Trinajstić information content (AvgIpc) is 3.07. The quantitative estimate of drug-likeness (QED) is 0.564. The smallest absolute Gasteiger partial charge is 0.272 e. The summed E-state index contributed by atoms with van der Waals surface area (Å²) < 4.78 is 13.1. The van der Waals surface area contributed by atoms with Crippen molar-refractivity contribution in [1.29, 1.82) is 0 Å². The van der Waals surface area contributed by atoms with E-state index in [-0.39, 0.29) is 5.82 Å². The third-order valence-corrected chi connectivity index (χ3v) is 3.85. The third-order valence-electron chi connectivity index (χ3n) is 3.85. The van der Waals surface area contributed by atoms with Crippen molar-refractivity contribution in [2.24, 2.45) is 5.10 Å². The number of rotatable bonds is 4. The maximum atomic E-state index is 13.1. The summed E-state index contributed by atoms with van der Waals surface area (Å²) in [6, 6.07) is 13.6. The molecule has 0 unspecified atom stereocenters. The Bertz CT molecular complexity index is 946. The molecule has 2 N–H and O–H groups in total. The molecule has 1 aromatic heterocycles. The SMILES string of the molecule is Cc1ccc(-c2cc(C(=O)N/N=C\c3cccc(F)c3)[nH]n2)cc1C. The molecule has 5 nitrogen and oxygen atoms in total. The van der Waals surface area contributed by atoms with Crippen LogP contribution in [-0.4, -0.2) is 22.3 Å². The van der Waals surface area contributed by atoms with E-state index in [1.807, 2.05) is 32.0 Å². The van der Waals surface area contributed by atoms with Gasteiger partial charge in [0.2, 0.25) is 0 Å². The molecule has 1 amide bonds. The first-order valence-corrected chi connectivity index (χ1v) is 7.75. The molecule has 0 saturated heterocycles. The van der Waals surface area contributed by atoms with Crippen molar-refractivity contribution < 1.29 is 9.18 Å². The Morgan fingerprint density at radius 3 is 2.76 bits per heavy atom. The van der Waals surface area contributed by atoms with Crippen molar-refractivity contribution in [3.05, 3.63) is 76.7 Å². The number of aromatic amines is 1. The number of hydrazone groups is 1. The van der Waals surface area contributed by atoms with Crippen LogP contribution < -0.4 is 5.43 Å². The van der Waals surface area contributed by atoms with Gasteiger partial charge in [0.25, 0.3) is 5.91 Å². The lowest BCUT2D eigenvalue weighted by atomic mass is 10.0. The summed E-state index contributed by atoms with van der Waals surface area (Å²) in [7, 11) is 0. The Balaban J connectivity index is 1.69. The van der Waals surface area contributed by atoms with Crippen LogP contribution in [0.3, 0.4) is 0 Å². The first-order valence-electron chi connectivity index (χ1n) is 7.75. The molecule has 0 bridgehead atoms. The topological polar surface area (TPSA) is 70.1 Å². The molecule has 126 valence electrons. The molecule has 0 radical (unpaired) electrons. The van der Waals surface area contributed by atoms with E-state index < -0.39 is 5.91 Å². The van der Waals surface area contributed by atoms with Gasteiger partial charge < -0.3 is 0 Å². The first-order chi connectivity index (χ1) is 12.0. The van der Waals surface area contributed by atoms with Gasteiger partial charge in [0.15, 0.2) is 0 Å². The van der Waals surface area contributed by atoms with Crippen LogP contribution in [0.25, 0.3) is 11.3 Å². The molecule has 0 saturated carbocycles. The second-order valence-corrected chi connectivity index (χ2v) is 5.72. The summed E-state index contributed by atoms with van der Waals surface area (Å²) in [6.07, 6.45) is 1.38. The highest BCUT2D eigenvalue weighted by atomic mass is 19.1. The average molecular weight is 336 g/mol. The molecule has 0 fully saturated rings. The Morgan fingerprint density at radius 1 is 1.16 bits per heavy atom. The summed E-state index contributed by atoms with van der Waals surface area (Å²) in [5.74, 6) is -0.780. The van der Waals surface area contributed by atoms with Crippen molar-refractivity contribution in [1.82, 2.24) is 15.6 Å². The van der Waals surface area contributed by atoms with Crippen LogP contribution in [0.2, 0.25) is 0 Å². The molecular formula is C19H17FN4O. The molecule has 25 heavy (non-hydrogen) atoms. The molecule has 6 heteroatoms. The molecule has 3 aromatic rings.